The molecule has 1 saturated carbocycles. The van der Waals surface area contributed by atoms with Crippen LogP contribution in [0.3, 0.4) is 0 Å². The van der Waals surface area contributed by atoms with E-state index in [9.17, 15) is 13.2 Å². The summed E-state index contributed by atoms with van der Waals surface area (Å²) in [5.74, 6) is 0.527. The van der Waals surface area contributed by atoms with E-state index in [2.05, 4.69) is 12.1 Å². The maximum atomic E-state index is 12.5. The van der Waals surface area contributed by atoms with Crippen molar-refractivity contribution in [2.45, 2.75) is 35.9 Å². The van der Waals surface area contributed by atoms with Crippen molar-refractivity contribution in [2.75, 3.05) is 0 Å². The number of benzene rings is 2. The second-order valence-electron chi connectivity index (χ2n) is 5.40. The van der Waals surface area contributed by atoms with Crippen LogP contribution in [0.5, 0.6) is 0 Å². The number of alkyl halides is 3. The molecule has 2 aromatic rings. The fourth-order valence-corrected chi connectivity index (χ4v) is 3.12. The summed E-state index contributed by atoms with van der Waals surface area (Å²) < 4.78 is 43.1. The zero-order valence-electron chi connectivity index (χ0n) is 11.7. The molecule has 1 aliphatic carbocycles. The molecule has 0 atom stereocenters. The molecule has 1 fully saturated rings. The zero-order chi connectivity index (χ0) is 15.6. The van der Waals surface area contributed by atoms with E-state index in [1.807, 2.05) is 18.2 Å². The first-order chi connectivity index (χ1) is 10.5. The van der Waals surface area contributed by atoms with Gasteiger partial charge in [0.2, 0.25) is 0 Å². The molecule has 5 heteroatoms. The lowest BCUT2D eigenvalue weighted by atomic mass is 9.78. The van der Waals surface area contributed by atoms with Crippen LogP contribution in [0, 0.1) is 0 Å². The van der Waals surface area contributed by atoms with Gasteiger partial charge in [0.1, 0.15) is 0 Å². The molecule has 0 unspecified atom stereocenters. The standard InChI is InChI=1S/C17H15F3OS/c18-17(19,20)14-6-8-16(9-7-14)22-21-15-10-13(11-15)12-4-2-1-3-5-12/h1-9,13,15H,10-11H2. The van der Waals surface area contributed by atoms with E-state index >= 15 is 0 Å². The van der Waals surface area contributed by atoms with E-state index in [0.29, 0.717) is 10.8 Å². The Morgan fingerprint density at radius 1 is 0.909 bits per heavy atom. The second kappa shape index (κ2) is 6.34. The average Bonchev–Trinajstić information content (AvgIpc) is 2.46. The van der Waals surface area contributed by atoms with Gasteiger partial charge in [0.25, 0.3) is 0 Å². The normalized spacial score (nSPS) is 21.4. The Hall–Kier alpha value is -1.46. The minimum Gasteiger partial charge on any atom is -0.307 e. The van der Waals surface area contributed by atoms with E-state index in [4.69, 9.17) is 4.18 Å². The highest BCUT2D eigenvalue weighted by Crippen LogP contribution is 2.41. The van der Waals surface area contributed by atoms with Gasteiger partial charge in [0.05, 0.1) is 11.7 Å². The summed E-state index contributed by atoms with van der Waals surface area (Å²) >= 11 is 1.15. The molecule has 22 heavy (non-hydrogen) atoms. The van der Waals surface area contributed by atoms with Crippen molar-refractivity contribution in [1.29, 1.82) is 0 Å². The Morgan fingerprint density at radius 2 is 1.55 bits per heavy atom. The lowest BCUT2D eigenvalue weighted by Crippen LogP contribution is -2.27. The first-order valence-corrected chi connectivity index (χ1v) is 7.82. The van der Waals surface area contributed by atoms with Crippen molar-refractivity contribution in [1.82, 2.24) is 0 Å². The molecule has 0 saturated heterocycles. The van der Waals surface area contributed by atoms with Crippen molar-refractivity contribution < 1.29 is 17.4 Å². The molecule has 0 aromatic heterocycles. The number of halogens is 3. The Kier molecular flexibility index (Phi) is 4.45. The van der Waals surface area contributed by atoms with E-state index < -0.39 is 11.7 Å². The second-order valence-corrected chi connectivity index (χ2v) is 6.23. The van der Waals surface area contributed by atoms with Gasteiger partial charge in [0, 0.05) is 16.9 Å². The van der Waals surface area contributed by atoms with Crippen LogP contribution >= 0.6 is 12.0 Å². The molecule has 3 rings (SSSR count). The Morgan fingerprint density at radius 3 is 2.14 bits per heavy atom. The molecule has 2 aromatic carbocycles. The van der Waals surface area contributed by atoms with Gasteiger partial charge < -0.3 is 4.18 Å². The minimum absolute atomic E-state index is 0.164. The molecular weight excluding hydrogens is 309 g/mol. The van der Waals surface area contributed by atoms with Crippen LogP contribution in [0.1, 0.15) is 29.9 Å². The predicted octanol–water partition coefficient (Wildman–Crippen LogP) is 5.68. The van der Waals surface area contributed by atoms with E-state index in [1.165, 1.54) is 17.7 Å². The van der Waals surface area contributed by atoms with E-state index in [1.54, 1.807) is 0 Å². The van der Waals surface area contributed by atoms with E-state index in [0.717, 1.165) is 37.0 Å². The van der Waals surface area contributed by atoms with Crippen molar-refractivity contribution >= 4 is 12.0 Å². The van der Waals surface area contributed by atoms with Crippen LogP contribution < -0.4 is 0 Å². The highest BCUT2D eigenvalue weighted by Gasteiger charge is 2.32. The Balaban J connectivity index is 1.47. The highest BCUT2D eigenvalue weighted by molar-refractivity contribution is 7.94. The molecule has 116 valence electrons. The molecule has 0 amide bonds. The van der Waals surface area contributed by atoms with Gasteiger partial charge in [-0.25, -0.2) is 0 Å². The summed E-state index contributed by atoms with van der Waals surface area (Å²) in [6.45, 7) is 0. The summed E-state index contributed by atoms with van der Waals surface area (Å²) in [4.78, 5) is 0.691. The third-order valence-electron chi connectivity index (χ3n) is 3.83. The van der Waals surface area contributed by atoms with Crippen molar-refractivity contribution in [3.05, 3.63) is 65.7 Å². The average molecular weight is 324 g/mol. The Labute approximate surface area is 131 Å². The molecule has 1 aliphatic rings. The van der Waals surface area contributed by atoms with Gasteiger partial charge in [-0.1, -0.05) is 30.3 Å². The van der Waals surface area contributed by atoms with Gasteiger partial charge >= 0.3 is 6.18 Å². The summed E-state index contributed by atoms with van der Waals surface area (Å²) in [5.41, 5.74) is 0.687. The summed E-state index contributed by atoms with van der Waals surface area (Å²) in [6.07, 6.45) is -2.21. The Bertz CT molecular complexity index is 604. The topological polar surface area (TPSA) is 9.23 Å². The van der Waals surface area contributed by atoms with Crippen molar-refractivity contribution in [3.8, 4) is 0 Å². The third-order valence-corrected chi connectivity index (χ3v) is 4.66. The lowest BCUT2D eigenvalue weighted by molar-refractivity contribution is -0.137. The number of hydrogen-bond donors (Lipinski definition) is 0. The number of hydrogen-bond acceptors (Lipinski definition) is 2. The smallest absolute Gasteiger partial charge is 0.307 e. The highest BCUT2D eigenvalue weighted by atomic mass is 32.2. The van der Waals surface area contributed by atoms with Gasteiger partial charge in [-0.15, -0.1) is 0 Å². The van der Waals surface area contributed by atoms with Crippen LogP contribution in [-0.2, 0) is 10.4 Å². The lowest BCUT2D eigenvalue weighted by Gasteiger charge is -2.34. The maximum absolute atomic E-state index is 12.5. The van der Waals surface area contributed by atoms with Gasteiger partial charge in [-0.3, -0.25) is 0 Å². The molecule has 1 nitrogen and oxygen atoms in total. The summed E-state index contributed by atoms with van der Waals surface area (Å²) in [7, 11) is 0. The predicted molar refractivity (Wildman–Crippen MR) is 80.6 cm³/mol. The molecule has 0 radical (unpaired) electrons. The minimum atomic E-state index is -4.29. The van der Waals surface area contributed by atoms with Crippen LogP contribution in [0.15, 0.2) is 59.5 Å². The summed E-state index contributed by atoms with van der Waals surface area (Å²) in [5, 5.41) is 0. The quantitative estimate of drug-likeness (QED) is 0.670. The summed E-state index contributed by atoms with van der Waals surface area (Å²) in [6, 6.07) is 15.3. The van der Waals surface area contributed by atoms with Crippen LogP contribution in [0.2, 0.25) is 0 Å². The zero-order valence-corrected chi connectivity index (χ0v) is 12.5. The molecule has 0 spiro atoms. The monoisotopic (exact) mass is 324 g/mol. The molecule has 0 N–H and O–H groups in total. The van der Waals surface area contributed by atoms with Gasteiger partial charge in [-0.2, -0.15) is 13.2 Å². The van der Waals surface area contributed by atoms with Gasteiger partial charge in [0.15, 0.2) is 0 Å². The fraction of sp³-hybridized carbons (Fsp3) is 0.294. The number of rotatable bonds is 4. The fourth-order valence-electron chi connectivity index (χ4n) is 2.46. The van der Waals surface area contributed by atoms with Crippen molar-refractivity contribution in [2.24, 2.45) is 0 Å². The third kappa shape index (κ3) is 3.65. The van der Waals surface area contributed by atoms with Crippen LogP contribution in [0.25, 0.3) is 0 Å². The first-order valence-electron chi connectivity index (χ1n) is 7.08. The van der Waals surface area contributed by atoms with Crippen molar-refractivity contribution in [3.63, 3.8) is 0 Å². The molecule has 0 heterocycles. The first kappa shape index (κ1) is 15.4. The van der Waals surface area contributed by atoms with Crippen LogP contribution in [-0.4, -0.2) is 6.10 Å². The van der Waals surface area contributed by atoms with Crippen LogP contribution in [0.4, 0.5) is 13.2 Å². The molecular formula is C17H15F3OS. The van der Waals surface area contributed by atoms with E-state index in [-0.39, 0.29) is 6.10 Å². The SMILES string of the molecule is FC(F)(F)c1ccc(SOC2CC(c3ccccc3)C2)cc1. The molecule has 0 aliphatic heterocycles. The largest absolute Gasteiger partial charge is 0.416 e. The molecule has 0 bridgehead atoms. The van der Waals surface area contributed by atoms with Gasteiger partial charge in [-0.05, 0) is 48.6 Å². The maximum Gasteiger partial charge on any atom is 0.416 e.